The maximum absolute atomic E-state index is 13.5. The zero-order chi connectivity index (χ0) is 20.6. The van der Waals surface area contributed by atoms with Crippen molar-refractivity contribution in [3.63, 3.8) is 0 Å². The number of nitro benzene ring substituents is 1. The number of esters is 1. The van der Waals surface area contributed by atoms with Gasteiger partial charge in [-0.1, -0.05) is 0 Å². The lowest BCUT2D eigenvalue weighted by atomic mass is 9.81. The molecule has 1 aliphatic rings. The Bertz CT molecular complexity index is 786. The Hall–Kier alpha value is -3.09. The van der Waals surface area contributed by atoms with E-state index >= 15 is 0 Å². The summed E-state index contributed by atoms with van der Waals surface area (Å²) in [6, 6.07) is -1.10. The first-order valence-electron chi connectivity index (χ1n) is 7.44. The second kappa shape index (κ2) is 6.90. The van der Waals surface area contributed by atoms with Crippen LogP contribution in [0.2, 0.25) is 0 Å². The van der Waals surface area contributed by atoms with Crippen molar-refractivity contribution < 1.29 is 42.6 Å². The van der Waals surface area contributed by atoms with Crippen LogP contribution in [0, 0.1) is 16.0 Å². The summed E-state index contributed by atoms with van der Waals surface area (Å²) < 4.78 is 45.0. The van der Waals surface area contributed by atoms with Crippen molar-refractivity contribution in [2.45, 2.75) is 24.9 Å². The number of hydrogen-bond donors (Lipinski definition) is 4. The van der Waals surface area contributed by atoms with E-state index in [-0.39, 0.29) is 6.61 Å². The molecule has 0 unspecified atom stereocenters. The maximum atomic E-state index is 13.5. The van der Waals surface area contributed by atoms with Gasteiger partial charge in [0.05, 0.1) is 17.6 Å². The van der Waals surface area contributed by atoms with Crippen molar-refractivity contribution in [1.29, 1.82) is 0 Å². The van der Waals surface area contributed by atoms with Gasteiger partial charge < -0.3 is 25.6 Å². The number of rotatable bonds is 4. The molecule has 1 aliphatic heterocycles. The number of ether oxygens (including phenoxy) is 1. The molecule has 10 nitrogen and oxygen atoms in total. The quantitative estimate of drug-likeness (QED) is 0.339. The molecule has 27 heavy (non-hydrogen) atoms. The molecular formula is C14H14F3N3O7. The Morgan fingerprint density at radius 2 is 2.07 bits per heavy atom. The number of halogens is 3. The van der Waals surface area contributed by atoms with E-state index in [1.165, 1.54) is 12.2 Å². The average Bonchev–Trinajstić information content (AvgIpc) is 2.53. The molecule has 0 aliphatic carbocycles. The molecule has 2 rings (SSSR count). The van der Waals surface area contributed by atoms with Gasteiger partial charge in [0.15, 0.2) is 0 Å². The Morgan fingerprint density at radius 3 is 2.59 bits per heavy atom. The standard InChI is InChI=1S/C14H14F3N3O7/c1-2-27-11(22)9-10(7-5-6(20(25)26)3-4-8(7)21)18-12(23)19-13(9,24)14(15,16)17/h3-5,9-10,21,24H,2H2,1H3,(H2,18,19,23)/t9-,10+,13+/m0/s1. The topological polar surface area (TPSA) is 151 Å². The summed E-state index contributed by atoms with van der Waals surface area (Å²) in [7, 11) is 0. The van der Waals surface area contributed by atoms with Crippen LogP contribution in [0.15, 0.2) is 18.2 Å². The summed E-state index contributed by atoms with van der Waals surface area (Å²) >= 11 is 0. The average molecular weight is 393 g/mol. The number of nitrogens with zero attached hydrogens (tertiary/aromatic N) is 1. The van der Waals surface area contributed by atoms with Crippen molar-refractivity contribution in [3.8, 4) is 5.75 Å². The van der Waals surface area contributed by atoms with E-state index in [4.69, 9.17) is 0 Å². The minimum atomic E-state index is -5.50. The molecule has 1 saturated heterocycles. The molecule has 0 spiro atoms. The number of phenolic OH excluding ortho intramolecular Hbond substituents is 1. The fraction of sp³-hybridized carbons (Fsp3) is 0.429. The Balaban J connectivity index is 2.68. The number of hydrogen-bond acceptors (Lipinski definition) is 7. The lowest BCUT2D eigenvalue weighted by Crippen LogP contribution is -2.73. The third-order valence-corrected chi connectivity index (χ3v) is 3.90. The Morgan fingerprint density at radius 1 is 1.44 bits per heavy atom. The van der Waals surface area contributed by atoms with Gasteiger partial charge in [-0.2, -0.15) is 13.2 Å². The highest BCUT2D eigenvalue weighted by Gasteiger charge is 2.67. The zero-order valence-electron chi connectivity index (χ0n) is 13.6. The number of benzene rings is 1. The number of nitro groups is 1. The van der Waals surface area contributed by atoms with E-state index in [9.17, 15) is 43.1 Å². The third-order valence-electron chi connectivity index (χ3n) is 3.90. The third kappa shape index (κ3) is 3.58. The minimum Gasteiger partial charge on any atom is -0.508 e. The molecule has 148 valence electrons. The van der Waals surface area contributed by atoms with Crippen LogP contribution < -0.4 is 10.6 Å². The van der Waals surface area contributed by atoms with Crippen LogP contribution in [-0.4, -0.2) is 45.6 Å². The van der Waals surface area contributed by atoms with Crippen LogP contribution in [0.25, 0.3) is 0 Å². The number of urea groups is 1. The molecule has 0 bridgehead atoms. The van der Waals surface area contributed by atoms with Gasteiger partial charge in [-0.3, -0.25) is 14.9 Å². The molecule has 0 aromatic heterocycles. The molecule has 1 fully saturated rings. The Labute approximate surface area is 149 Å². The predicted molar refractivity (Wildman–Crippen MR) is 80.3 cm³/mol. The molecule has 3 atom stereocenters. The monoisotopic (exact) mass is 393 g/mol. The fourth-order valence-corrected chi connectivity index (χ4v) is 2.70. The zero-order valence-corrected chi connectivity index (χ0v) is 13.6. The molecule has 1 heterocycles. The van der Waals surface area contributed by atoms with Gasteiger partial charge in [0.25, 0.3) is 11.4 Å². The van der Waals surface area contributed by atoms with E-state index in [1.807, 2.05) is 5.32 Å². The van der Waals surface area contributed by atoms with E-state index in [0.29, 0.717) is 6.07 Å². The highest BCUT2D eigenvalue weighted by molar-refractivity contribution is 5.83. The molecule has 0 radical (unpaired) electrons. The summed E-state index contributed by atoms with van der Waals surface area (Å²) in [6.45, 7) is 0.962. The minimum absolute atomic E-state index is 0.342. The predicted octanol–water partition coefficient (Wildman–Crippen LogP) is 1.08. The van der Waals surface area contributed by atoms with Crippen LogP contribution in [0.4, 0.5) is 23.7 Å². The Kier molecular flexibility index (Phi) is 5.17. The number of nitrogens with one attached hydrogen (secondary N) is 2. The number of non-ortho nitro benzene ring substituents is 1. The van der Waals surface area contributed by atoms with E-state index in [1.54, 1.807) is 0 Å². The first-order valence-corrected chi connectivity index (χ1v) is 7.44. The van der Waals surface area contributed by atoms with Gasteiger partial charge in [-0.15, -0.1) is 0 Å². The summed E-state index contributed by atoms with van der Waals surface area (Å²) in [5.74, 6) is -4.77. The second-order valence-electron chi connectivity index (χ2n) is 5.57. The first-order chi connectivity index (χ1) is 12.4. The van der Waals surface area contributed by atoms with Crippen LogP contribution in [0.3, 0.4) is 0 Å². The number of carbonyl (C=O) groups excluding carboxylic acids is 2. The van der Waals surface area contributed by atoms with Crippen LogP contribution in [0.5, 0.6) is 5.75 Å². The largest absolute Gasteiger partial charge is 0.508 e. The number of aromatic hydroxyl groups is 1. The molecule has 0 saturated carbocycles. The molecule has 4 N–H and O–H groups in total. The van der Waals surface area contributed by atoms with Crippen LogP contribution >= 0.6 is 0 Å². The summed E-state index contributed by atoms with van der Waals surface area (Å²) in [5.41, 5.74) is -5.22. The van der Waals surface area contributed by atoms with Gasteiger partial charge in [-0.05, 0) is 13.0 Å². The van der Waals surface area contributed by atoms with Crippen LogP contribution in [0.1, 0.15) is 18.5 Å². The van der Waals surface area contributed by atoms with Gasteiger partial charge >= 0.3 is 18.2 Å². The number of carbonyl (C=O) groups is 2. The fourth-order valence-electron chi connectivity index (χ4n) is 2.70. The number of phenols is 1. The first kappa shape index (κ1) is 20.2. The molecule has 13 heteroatoms. The normalized spacial score (nSPS) is 25.3. The summed E-state index contributed by atoms with van der Waals surface area (Å²) in [5, 5.41) is 34.2. The highest BCUT2D eigenvalue weighted by atomic mass is 19.4. The van der Waals surface area contributed by atoms with Gasteiger partial charge in [0, 0.05) is 17.7 Å². The number of amides is 2. The van der Waals surface area contributed by atoms with Gasteiger partial charge in [0.2, 0.25) is 0 Å². The smallest absolute Gasteiger partial charge is 0.437 e. The van der Waals surface area contributed by atoms with Crippen molar-refractivity contribution in [2.75, 3.05) is 6.61 Å². The maximum Gasteiger partial charge on any atom is 0.437 e. The van der Waals surface area contributed by atoms with E-state index in [0.717, 1.165) is 12.1 Å². The molecule has 2 amide bonds. The second-order valence-corrected chi connectivity index (χ2v) is 5.57. The summed E-state index contributed by atoms with van der Waals surface area (Å²) in [4.78, 5) is 33.9. The van der Waals surface area contributed by atoms with Gasteiger partial charge in [-0.25, -0.2) is 4.79 Å². The SMILES string of the molecule is CCOC(=O)[C@@H]1[C@@H](c2cc([N+](=O)[O-])ccc2O)NC(=O)N[C@]1(O)C(F)(F)F. The lowest BCUT2D eigenvalue weighted by Gasteiger charge is -2.44. The summed E-state index contributed by atoms with van der Waals surface area (Å²) in [6.07, 6.45) is -5.50. The van der Waals surface area contributed by atoms with Crippen LogP contribution in [-0.2, 0) is 9.53 Å². The highest BCUT2D eigenvalue weighted by Crippen LogP contribution is 2.45. The molecule has 1 aromatic carbocycles. The van der Waals surface area contributed by atoms with Crippen molar-refractivity contribution >= 4 is 17.7 Å². The van der Waals surface area contributed by atoms with Gasteiger partial charge in [0.1, 0.15) is 11.7 Å². The molecule has 1 aromatic rings. The molecular weight excluding hydrogens is 379 g/mol. The van der Waals surface area contributed by atoms with E-state index < -0.39 is 57.8 Å². The van der Waals surface area contributed by atoms with E-state index in [2.05, 4.69) is 4.74 Å². The van der Waals surface area contributed by atoms with Crippen molar-refractivity contribution in [3.05, 3.63) is 33.9 Å². The van der Waals surface area contributed by atoms with Crippen molar-refractivity contribution in [1.82, 2.24) is 10.6 Å². The lowest BCUT2D eigenvalue weighted by molar-refractivity contribution is -0.385. The van der Waals surface area contributed by atoms with Crippen molar-refractivity contribution in [2.24, 2.45) is 5.92 Å². The number of aliphatic hydroxyl groups is 1. The number of alkyl halides is 3.